The summed E-state index contributed by atoms with van der Waals surface area (Å²) in [4.78, 5) is 0. The molecule has 1 aromatic carbocycles. The summed E-state index contributed by atoms with van der Waals surface area (Å²) in [7, 11) is 1.50. The second kappa shape index (κ2) is 7.82. The van der Waals surface area contributed by atoms with Crippen LogP contribution in [0.4, 0.5) is 32.0 Å². The zero-order valence-corrected chi connectivity index (χ0v) is 12.8. The summed E-state index contributed by atoms with van der Waals surface area (Å²) in [6.07, 6.45) is -9.22. The molecule has 0 atom stereocenters. The fraction of sp³-hybridized carbons (Fsp3) is 0.462. The molecular weight excluding hydrogens is 346 g/mol. The number of halogens is 6. The van der Waals surface area contributed by atoms with Crippen LogP contribution in [0, 0.1) is 0 Å². The van der Waals surface area contributed by atoms with E-state index < -0.39 is 29.2 Å². The van der Waals surface area contributed by atoms with Crippen LogP contribution < -0.4 is 10.6 Å². The van der Waals surface area contributed by atoms with Crippen LogP contribution >= 0.6 is 12.2 Å². The van der Waals surface area contributed by atoms with E-state index in [4.69, 9.17) is 17.0 Å². The van der Waals surface area contributed by atoms with Crippen molar-refractivity contribution in [3.05, 3.63) is 29.3 Å². The van der Waals surface area contributed by atoms with Crippen LogP contribution in [0.3, 0.4) is 0 Å². The van der Waals surface area contributed by atoms with Crippen LogP contribution in [-0.2, 0) is 17.1 Å². The molecule has 3 nitrogen and oxygen atoms in total. The van der Waals surface area contributed by atoms with Gasteiger partial charge in [0.1, 0.15) is 0 Å². The number of rotatable bonds is 5. The molecule has 1 rings (SSSR count). The first-order valence-corrected chi connectivity index (χ1v) is 6.78. The molecule has 0 unspecified atom stereocenters. The first-order chi connectivity index (χ1) is 10.5. The van der Waals surface area contributed by atoms with Crippen molar-refractivity contribution in [3.8, 4) is 0 Å². The zero-order valence-electron chi connectivity index (χ0n) is 11.9. The maximum absolute atomic E-state index is 12.7. The summed E-state index contributed by atoms with van der Waals surface area (Å²) >= 11 is 4.83. The fourth-order valence-corrected chi connectivity index (χ4v) is 1.84. The minimum absolute atomic E-state index is 0.0558. The van der Waals surface area contributed by atoms with E-state index in [0.717, 1.165) is 0 Å². The van der Waals surface area contributed by atoms with E-state index in [1.54, 1.807) is 0 Å². The van der Waals surface area contributed by atoms with E-state index in [9.17, 15) is 26.3 Å². The van der Waals surface area contributed by atoms with Gasteiger partial charge in [0.2, 0.25) is 0 Å². The van der Waals surface area contributed by atoms with E-state index in [2.05, 4.69) is 10.6 Å². The Morgan fingerprint density at radius 3 is 2.00 bits per heavy atom. The largest absolute Gasteiger partial charge is 0.416 e. The van der Waals surface area contributed by atoms with Crippen molar-refractivity contribution in [2.45, 2.75) is 18.8 Å². The van der Waals surface area contributed by atoms with Crippen molar-refractivity contribution in [1.82, 2.24) is 5.32 Å². The zero-order chi connectivity index (χ0) is 17.7. The Labute approximate surface area is 134 Å². The molecule has 0 aliphatic heterocycles. The lowest BCUT2D eigenvalue weighted by Crippen LogP contribution is -2.30. The number of nitrogens with one attached hydrogen (secondary N) is 2. The highest BCUT2D eigenvalue weighted by Crippen LogP contribution is 2.37. The van der Waals surface area contributed by atoms with Gasteiger partial charge in [0.25, 0.3) is 0 Å². The number of thiocarbonyl (C=S) groups is 1. The molecular formula is C13H14F6N2OS. The Balaban J connectivity index is 2.91. The normalized spacial score (nSPS) is 12.1. The molecule has 130 valence electrons. The van der Waals surface area contributed by atoms with Crippen LogP contribution in [0.2, 0.25) is 0 Å². The molecule has 0 radical (unpaired) electrons. The number of ether oxygens (including phenoxy) is 1. The lowest BCUT2D eigenvalue weighted by molar-refractivity contribution is -0.143. The maximum atomic E-state index is 12.7. The number of benzene rings is 1. The van der Waals surface area contributed by atoms with Gasteiger partial charge in [0.15, 0.2) is 5.11 Å². The third-order valence-corrected chi connectivity index (χ3v) is 2.90. The standard InChI is InChI=1S/C13H14F6N2OS/c1-22-4-2-3-20-11(23)21-10-6-8(12(14,15)16)5-9(7-10)13(17,18)19/h5-7H,2-4H2,1H3,(H2,20,21,23). The average molecular weight is 360 g/mol. The van der Waals surface area contributed by atoms with Crippen molar-refractivity contribution in [3.63, 3.8) is 0 Å². The van der Waals surface area contributed by atoms with Crippen molar-refractivity contribution >= 4 is 23.0 Å². The van der Waals surface area contributed by atoms with Gasteiger partial charge in [0.05, 0.1) is 11.1 Å². The minimum atomic E-state index is -4.90. The number of hydrogen-bond donors (Lipinski definition) is 2. The Bertz CT molecular complexity index is 512. The van der Waals surface area contributed by atoms with Gasteiger partial charge in [-0.05, 0) is 36.8 Å². The summed E-state index contributed by atoms with van der Waals surface area (Å²) in [5.74, 6) is 0. The molecule has 0 saturated heterocycles. The third kappa shape index (κ3) is 6.61. The smallest absolute Gasteiger partial charge is 0.385 e. The fourth-order valence-electron chi connectivity index (χ4n) is 1.62. The van der Waals surface area contributed by atoms with Crippen LogP contribution in [0.1, 0.15) is 17.5 Å². The Kier molecular flexibility index (Phi) is 6.63. The van der Waals surface area contributed by atoms with Gasteiger partial charge >= 0.3 is 12.4 Å². The summed E-state index contributed by atoms with van der Waals surface area (Å²) in [5.41, 5.74) is -3.20. The molecule has 0 bridgehead atoms. The summed E-state index contributed by atoms with van der Waals surface area (Å²) in [5, 5.41) is 4.91. The second-order valence-electron chi connectivity index (χ2n) is 4.52. The molecule has 0 saturated carbocycles. The van der Waals surface area contributed by atoms with E-state index in [1.807, 2.05) is 0 Å². The molecule has 0 amide bonds. The summed E-state index contributed by atoms with van der Waals surface area (Å²) in [6.45, 7) is 0.808. The Morgan fingerprint density at radius 1 is 1.04 bits per heavy atom. The number of alkyl halides is 6. The van der Waals surface area contributed by atoms with Gasteiger partial charge in [-0.25, -0.2) is 0 Å². The number of methoxy groups -OCH3 is 1. The van der Waals surface area contributed by atoms with Crippen LogP contribution in [0.15, 0.2) is 18.2 Å². The van der Waals surface area contributed by atoms with Gasteiger partial charge in [-0.3, -0.25) is 0 Å². The van der Waals surface area contributed by atoms with E-state index in [0.29, 0.717) is 31.7 Å². The molecule has 0 spiro atoms. The quantitative estimate of drug-likeness (QED) is 0.472. The number of anilines is 1. The first-order valence-electron chi connectivity index (χ1n) is 6.37. The highest BCUT2D eigenvalue weighted by Gasteiger charge is 2.36. The monoisotopic (exact) mass is 360 g/mol. The summed E-state index contributed by atoms with van der Waals surface area (Å²) in [6, 6.07) is 1.19. The average Bonchev–Trinajstić information content (AvgIpc) is 2.41. The van der Waals surface area contributed by atoms with Gasteiger partial charge in [-0.15, -0.1) is 0 Å². The highest BCUT2D eigenvalue weighted by atomic mass is 32.1. The van der Waals surface area contributed by atoms with Crippen molar-refractivity contribution in [1.29, 1.82) is 0 Å². The van der Waals surface area contributed by atoms with Crippen LogP contribution in [0.25, 0.3) is 0 Å². The van der Waals surface area contributed by atoms with Gasteiger partial charge in [-0.1, -0.05) is 0 Å². The third-order valence-electron chi connectivity index (χ3n) is 2.66. The van der Waals surface area contributed by atoms with Crippen molar-refractivity contribution in [2.24, 2.45) is 0 Å². The topological polar surface area (TPSA) is 33.3 Å². The Morgan fingerprint density at radius 2 is 1.57 bits per heavy atom. The van der Waals surface area contributed by atoms with Crippen LogP contribution in [0.5, 0.6) is 0 Å². The first kappa shape index (κ1) is 19.5. The molecule has 10 heteroatoms. The Hall–Kier alpha value is -1.55. The lowest BCUT2D eigenvalue weighted by atomic mass is 10.1. The molecule has 0 aromatic heterocycles. The minimum Gasteiger partial charge on any atom is -0.385 e. The van der Waals surface area contributed by atoms with Gasteiger partial charge in [-0.2, -0.15) is 26.3 Å². The van der Waals surface area contributed by atoms with E-state index in [-0.39, 0.29) is 11.2 Å². The summed E-state index contributed by atoms with van der Waals surface area (Å²) < 4.78 is 81.0. The lowest BCUT2D eigenvalue weighted by Gasteiger charge is -2.16. The predicted molar refractivity (Wildman–Crippen MR) is 77.2 cm³/mol. The van der Waals surface area contributed by atoms with E-state index >= 15 is 0 Å². The molecule has 0 fully saturated rings. The molecule has 0 aliphatic carbocycles. The molecule has 0 heterocycles. The van der Waals surface area contributed by atoms with Crippen LogP contribution in [-0.4, -0.2) is 25.4 Å². The molecule has 1 aromatic rings. The maximum Gasteiger partial charge on any atom is 0.416 e. The van der Waals surface area contributed by atoms with Crippen molar-refractivity contribution < 1.29 is 31.1 Å². The SMILES string of the molecule is COCCCNC(=S)Nc1cc(C(F)(F)F)cc(C(F)(F)F)c1. The molecule has 2 N–H and O–H groups in total. The molecule has 0 aliphatic rings. The number of hydrogen-bond acceptors (Lipinski definition) is 2. The van der Waals surface area contributed by atoms with E-state index in [1.165, 1.54) is 7.11 Å². The predicted octanol–water partition coefficient (Wildman–Crippen LogP) is 4.05. The van der Waals surface area contributed by atoms with Gasteiger partial charge < -0.3 is 15.4 Å². The second-order valence-corrected chi connectivity index (χ2v) is 4.93. The molecule has 23 heavy (non-hydrogen) atoms. The highest BCUT2D eigenvalue weighted by molar-refractivity contribution is 7.80. The van der Waals surface area contributed by atoms with Crippen molar-refractivity contribution in [2.75, 3.05) is 25.6 Å². The van der Waals surface area contributed by atoms with Gasteiger partial charge in [0, 0.05) is 25.9 Å².